The van der Waals surface area contributed by atoms with Crippen molar-refractivity contribution < 1.29 is 9.50 Å². The van der Waals surface area contributed by atoms with Crippen molar-refractivity contribution in [1.29, 1.82) is 0 Å². The molecule has 0 unspecified atom stereocenters. The van der Waals surface area contributed by atoms with E-state index in [1.165, 1.54) is 6.07 Å². The Bertz CT molecular complexity index is 307. The Balaban J connectivity index is 3.08. The maximum Gasteiger partial charge on any atom is 0.165 e. The summed E-state index contributed by atoms with van der Waals surface area (Å²) in [7, 11) is 0. The smallest absolute Gasteiger partial charge is 0.165 e. The zero-order chi connectivity index (χ0) is 10.6. The molecule has 0 radical (unpaired) electrons. The largest absolute Gasteiger partial charge is 0.505 e. The van der Waals surface area contributed by atoms with Crippen LogP contribution < -0.4 is 0 Å². The van der Waals surface area contributed by atoms with E-state index in [-0.39, 0.29) is 5.75 Å². The molecule has 1 N–H and O–H groups in total. The SMILES string of the molecule is CCCc1ccc(F)c(O)c1CCC. The van der Waals surface area contributed by atoms with Crippen molar-refractivity contribution in [3.05, 3.63) is 29.1 Å². The number of benzene rings is 1. The fourth-order valence-electron chi connectivity index (χ4n) is 1.68. The molecule has 0 fully saturated rings. The van der Waals surface area contributed by atoms with Crippen LogP contribution in [0.3, 0.4) is 0 Å². The Kier molecular flexibility index (Phi) is 3.93. The zero-order valence-electron chi connectivity index (χ0n) is 8.81. The quantitative estimate of drug-likeness (QED) is 0.782. The number of phenols is 1. The molecule has 0 aromatic heterocycles. The number of hydrogen-bond donors (Lipinski definition) is 1. The predicted molar refractivity (Wildman–Crippen MR) is 56.1 cm³/mol. The van der Waals surface area contributed by atoms with Gasteiger partial charge >= 0.3 is 0 Å². The second kappa shape index (κ2) is 4.99. The van der Waals surface area contributed by atoms with Gasteiger partial charge in [-0.3, -0.25) is 0 Å². The van der Waals surface area contributed by atoms with Crippen molar-refractivity contribution in [1.82, 2.24) is 0 Å². The number of aromatic hydroxyl groups is 1. The molecular formula is C12H17FO. The van der Waals surface area contributed by atoms with Gasteiger partial charge in [-0.15, -0.1) is 0 Å². The van der Waals surface area contributed by atoms with Gasteiger partial charge in [-0.25, -0.2) is 4.39 Å². The van der Waals surface area contributed by atoms with E-state index in [1.54, 1.807) is 6.07 Å². The highest BCUT2D eigenvalue weighted by Gasteiger charge is 2.10. The molecule has 0 spiro atoms. The Hall–Kier alpha value is -1.05. The minimum absolute atomic E-state index is 0.155. The normalized spacial score (nSPS) is 10.5. The highest BCUT2D eigenvalue weighted by atomic mass is 19.1. The summed E-state index contributed by atoms with van der Waals surface area (Å²) in [4.78, 5) is 0. The predicted octanol–water partition coefficient (Wildman–Crippen LogP) is 3.44. The van der Waals surface area contributed by atoms with Crippen LogP contribution in [-0.2, 0) is 12.8 Å². The van der Waals surface area contributed by atoms with E-state index < -0.39 is 5.82 Å². The zero-order valence-corrected chi connectivity index (χ0v) is 8.81. The molecule has 0 aliphatic heterocycles. The lowest BCUT2D eigenvalue weighted by Gasteiger charge is -2.10. The molecule has 1 aromatic carbocycles. The summed E-state index contributed by atoms with van der Waals surface area (Å²) in [5.74, 6) is -0.661. The summed E-state index contributed by atoms with van der Waals surface area (Å²) in [5.41, 5.74) is 1.86. The van der Waals surface area contributed by atoms with Gasteiger partial charge in [-0.05, 0) is 24.5 Å². The molecule has 0 amide bonds. The monoisotopic (exact) mass is 196 g/mol. The third-order valence-corrected chi connectivity index (χ3v) is 2.35. The van der Waals surface area contributed by atoms with E-state index in [4.69, 9.17) is 0 Å². The fraction of sp³-hybridized carbons (Fsp3) is 0.500. The standard InChI is InChI=1S/C12H17FO/c1-3-5-9-7-8-11(13)12(14)10(9)6-4-2/h7-8,14H,3-6H2,1-2H3. The summed E-state index contributed by atoms with van der Waals surface area (Å²) in [5, 5.41) is 9.56. The van der Waals surface area contributed by atoms with Crippen molar-refractivity contribution in [2.45, 2.75) is 39.5 Å². The molecule has 1 aromatic rings. The fourth-order valence-corrected chi connectivity index (χ4v) is 1.68. The minimum atomic E-state index is -0.506. The van der Waals surface area contributed by atoms with Crippen LogP contribution in [0.1, 0.15) is 37.8 Å². The molecule has 1 rings (SSSR count). The van der Waals surface area contributed by atoms with Gasteiger partial charge in [0.15, 0.2) is 11.6 Å². The van der Waals surface area contributed by atoms with Crippen molar-refractivity contribution >= 4 is 0 Å². The van der Waals surface area contributed by atoms with Crippen LogP contribution in [0.4, 0.5) is 4.39 Å². The first-order chi connectivity index (χ1) is 6.70. The summed E-state index contributed by atoms with van der Waals surface area (Å²) in [6.45, 7) is 4.11. The molecule has 0 atom stereocenters. The highest BCUT2D eigenvalue weighted by molar-refractivity contribution is 5.40. The number of phenolic OH excluding ortho intramolecular Hbond substituents is 1. The van der Waals surface area contributed by atoms with E-state index in [0.29, 0.717) is 0 Å². The lowest BCUT2D eigenvalue weighted by atomic mass is 9.98. The van der Waals surface area contributed by atoms with Crippen molar-refractivity contribution in [2.75, 3.05) is 0 Å². The van der Waals surface area contributed by atoms with E-state index in [9.17, 15) is 9.50 Å². The van der Waals surface area contributed by atoms with E-state index >= 15 is 0 Å². The van der Waals surface area contributed by atoms with Gasteiger partial charge < -0.3 is 5.11 Å². The number of aryl methyl sites for hydroxylation is 1. The van der Waals surface area contributed by atoms with Gasteiger partial charge in [0.05, 0.1) is 0 Å². The van der Waals surface area contributed by atoms with Crippen LogP contribution >= 0.6 is 0 Å². The van der Waals surface area contributed by atoms with Gasteiger partial charge in [0.25, 0.3) is 0 Å². The highest BCUT2D eigenvalue weighted by Crippen LogP contribution is 2.26. The van der Waals surface area contributed by atoms with Crippen LogP contribution in [0.25, 0.3) is 0 Å². The van der Waals surface area contributed by atoms with Crippen molar-refractivity contribution in [2.24, 2.45) is 0 Å². The Morgan fingerprint density at radius 3 is 2.36 bits per heavy atom. The molecule has 0 saturated heterocycles. The Morgan fingerprint density at radius 1 is 1.14 bits per heavy atom. The van der Waals surface area contributed by atoms with Gasteiger partial charge in [0.1, 0.15) is 0 Å². The summed E-state index contributed by atoms with van der Waals surface area (Å²) >= 11 is 0. The molecule has 1 nitrogen and oxygen atoms in total. The first kappa shape index (κ1) is 11.0. The molecule has 2 heteroatoms. The van der Waals surface area contributed by atoms with Gasteiger partial charge in [0, 0.05) is 5.56 Å². The molecule has 0 saturated carbocycles. The maximum atomic E-state index is 13.1. The average Bonchev–Trinajstić information content (AvgIpc) is 2.18. The Morgan fingerprint density at radius 2 is 1.79 bits per heavy atom. The first-order valence-corrected chi connectivity index (χ1v) is 5.19. The molecule has 0 bridgehead atoms. The lowest BCUT2D eigenvalue weighted by Crippen LogP contribution is -1.96. The maximum absolute atomic E-state index is 13.1. The first-order valence-electron chi connectivity index (χ1n) is 5.19. The molecule has 0 heterocycles. The van der Waals surface area contributed by atoms with Crippen molar-refractivity contribution in [3.8, 4) is 5.75 Å². The number of hydrogen-bond acceptors (Lipinski definition) is 1. The van der Waals surface area contributed by atoms with Crippen LogP contribution in [0.5, 0.6) is 5.75 Å². The molecule has 0 aliphatic rings. The molecular weight excluding hydrogens is 179 g/mol. The van der Waals surface area contributed by atoms with Crippen LogP contribution in [-0.4, -0.2) is 5.11 Å². The molecule has 78 valence electrons. The number of rotatable bonds is 4. The molecule has 0 aliphatic carbocycles. The van der Waals surface area contributed by atoms with Crippen LogP contribution in [0.2, 0.25) is 0 Å². The van der Waals surface area contributed by atoms with Crippen LogP contribution in [0.15, 0.2) is 12.1 Å². The average molecular weight is 196 g/mol. The lowest BCUT2D eigenvalue weighted by molar-refractivity contribution is 0.424. The third kappa shape index (κ3) is 2.25. The second-order valence-corrected chi connectivity index (χ2v) is 3.53. The summed E-state index contributed by atoms with van der Waals surface area (Å²) in [6.07, 6.45) is 3.59. The summed E-state index contributed by atoms with van der Waals surface area (Å²) < 4.78 is 13.1. The van der Waals surface area contributed by atoms with E-state index in [1.807, 2.05) is 6.92 Å². The minimum Gasteiger partial charge on any atom is -0.505 e. The van der Waals surface area contributed by atoms with Gasteiger partial charge in [-0.2, -0.15) is 0 Å². The number of halogens is 1. The van der Waals surface area contributed by atoms with E-state index in [0.717, 1.165) is 36.8 Å². The van der Waals surface area contributed by atoms with Crippen LogP contribution in [0, 0.1) is 5.82 Å². The summed E-state index contributed by atoms with van der Waals surface area (Å²) in [6, 6.07) is 3.13. The van der Waals surface area contributed by atoms with Crippen molar-refractivity contribution in [3.63, 3.8) is 0 Å². The third-order valence-electron chi connectivity index (χ3n) is 2.35. The van der Waals surface area contributed by atoms with Gasteiger partial charge in [-0.1, -0.05) is 32.8 Å². The van der Waals surface area contributed by atoms with Gasteiger partial charge in [0.2, 0.25) is 0 Å². The Labute approximate surface area is 84.6 Å². The molecule has 14 heavy (non-hydrogen) atoms. The van der Waals surface area contributed by atoms with E-state index in [2.05, 4.69) is 6.92 Å². The topological polar surface area (TPSA) is 20.2 Å². The second-order valence-electron chi connectivity index (χ2n) is 3.53.